The largest absolute Gasteiger partial charge is 0.488 e. The van der Waals surface area contributed by atoms with Crippen LogP contribution in [0.25, 0.3) is 0 Å². The molecule has 1 amide bonds. The van der Waals surface area contributed by atoms with E-state index in [1.54, 1.807) is 0 Å². The molecule has 0 bridgehead atoms. The van der Waals surface area contributed by atoms with Gasteiger partial charge < -0.3 is 10.1 Å². The third-order valence-corrected chi connectivity index (χ3v) is 5.12. The van der Waals surface area contributed by atoms with Crippen molar-refractivity contribution in [2.75, 3.05) is 5.32 Å². The van der Waals surface area contributed by atoms with Crippen molar-refractivity contribution in [2.45, 2.75) is 34.3 Å². The number of anilines is 1. The Bertz CT molecular complexity index is 920. The molecule has 0 saturated carbocycles. The van der Waals surface area contributed by atoms with E-state index < -0.39 is 0 Å². The quantitative estimate of drug-likeness (QED) is 0.619. The fourth-order valence-corrected chi connectivity index (χ4v) is 3.83. The van der Waals surface area contributed by atoms with E-state index in [4.69, 9.17) is 4.74 Å². The number of ether oxygens (including phenoxy) is 1. The lowest BCUT2D eigenvalue weighted by atomic mass is 10.1. The van der Waals surface area contributed by atoms with Crippen molar-refractivity contribution in [3.8, 4) is 5.75 Å². The number of aryl methyl sites for hydroxylation is 4. The minimum atomic E-state index is -0.0884. The Morgan fingerprint density at radius 2 is 1.73 bits per heavy atom. The van der Waals surface area contributed by atoms with Crippen LogP contribution < -0.4 is 10.1 Å². The van der Waals surface area contributed by atoms with Gasteiger partial charge in [0.05, 0.1) is 4.88 Å². The van der Waals surface area contributed by atoms with Crippen LogP contribution in [0.1, 0.15) is 37.5 Å². The van der Waals surface area contributed by atoms with E-state index in [1.165, 1.54) is 16.9 Å². The molecule has 0 saturated heterocycles. The van der Waals surface area contributed by atoms with Crippen molar-refractivity contribution in [1.29, 1.82) is 0 Å². The molecule has 26 heavy (non-hydrogen) atoms. The second kappa shape index (κ2) is 7.75. The van der Waals surface area contributed by atoms with Crippen LogP contribution in [0.5, 0.6) is 5.75 Å². The van der Waals surface area contributed by atoms with E-state index in [-0.39, 0.29) is 5.91 Å². The monoisotopic (exact) mass is 365 g/mol. The van der Waals surface area contributed by atoms with E-state index in [0.717, 1.165) is 33.7 Å². The summed E-state index contributed by atoms with van der Waals surface area (Å²) in [6.45, 7) is 8.67. The van der Waals surface area contributed by atoms with Crippen molar-refractivity contribution < 1.29 is 9.53 Å². The molecule has 0 fully saturated rings. The second-order valence-corrected chi connectivity index (χ2v) is 7.57. The Hall–Kier alpha value is -2.59. The molecule has 2 aromatic carbocycles. The Labute approximate surface area is 158 Å². The molecule has 1 aromatic heterocycles. The zero-order chi connectivity index (χ0) is 18.7. The molecule has 134 valence electrons. The average Bonchev–Trinajstić information content (AvgIpc) is 3.03. The number of hydrogen-bond donors (Lipinski definition) is 1. The molecule has 1 N–H and O–H groups in total. The molecule has 3 nitrogen and oxygen atoms in total. The average molecular weight is 365 g/mol. The van der Waals surface area contributed by atoms with Gasteiger partial charge in [-0.15, -0.1) is 11.3 Å². The van der Waals surface area contributed by atoms with Crippen LogP contribution in [-0.2, 0) is 6.61 Å². The number of nitrogens with one attached hydrogen (secondary N) is 1. The minimum Gasteiger partial charge on any atom is -0.488 e. The summed E-state index contributed by atoms with van der Waals surface area (Å²) in [7, 11) is 0. The molecule has 0 aliphatic carbocycles. The van der Waals surface area contributed by atoms with Gasteiger partial charge >= 0.3 is 0 Å². The molecule has 0 spiro atoms. The third kappa shape index (κ3) is 4.33. The van der Waals surface area contributed by atoms with Crippen LogP contribution in [0.15, 0.2) is 47.8 Å². The van der Waals surface area contributed by atoms with Crippen LogP contribution in [0.2, 0.25) is 0 Å². The van der Waals surface area contributed by atoms with Gasteiger partial charge in [0, 0.05) is 11.3 Å². The van der Waals surface area contributed by atoms with E-state index in [9.17, 15) is 4.79 Å². The highest BCUT2D eigenvalue weighted by Crippen LogP contribution is 2.26. The second-order valence-electron chi connectivity index (χ2n) is 6.66. The van der Waals surface area contributed by atoms with Crippen LogP contribution in [0.4, 0.5) is 5.69 Å². The van der Waals surface area contributed by atoms with Gasteiger partial charge in [-0.25, -0.2) is 0 Å². The number of carbonyl (C=O) groups excluding carboxylic acids is 1. The highest BCUT2D eigenvalue weighted by Gasteiger charge is 2.11. The molecule has 3 rings (SSSR count). The summed E-state index contributed by atoms with van der Waals surface area (Å²) in [6.07, 6.45) is 0. The van der Waals surface area contributed by atoms with Gasteiger partial charge in [-0.3, -0.25) is 4.79 Å². The molecule has 4 heteroatoms. The van der Waals surface area contributed by atoms with Gasteiger partial charge in [-0.05, 0) is 68.0 Å². The van der Waals surface area contributed by atoms with Gasteiger partial charge in [0.15, 0.2) is 0 Å². The summed E-state index contributed by atoms with van der Waals surface area (Å²) in [4.78, 5) is 13.1. The summed E-state index contributed by atoms with van der Waals surface area (Å²) < 4.78 is 6.01. The molecule has 0 aliphatic rings. The van der Waals surface area contributed by atoms with Gasteiger partial charge in [-0.1, -0.05) is 29.8 Å². The fourth-order valence-electron chi connectivity index (χ4n) is 3.04. The lowest BCUT2D eigenvalue weighted by molar-refractivity contribution is 0.103. The van der Waals surface area contributed by atoms with E-state index >= 15 is 0 Å². The first kappa shape index (κ1) is 18.2. The van der Waals surface area contributed by atoms with Crippen molar-refractivity contribution in [3.05, 3.63) is 80.5 Å². The Balaban J connectivity index is 1.65. The Morgan fingerprint density at radius 3 is 2.42 bits per heavy atom. The van der Waals surface area contributed by atoms with E-state index in [0.29, 0.717) is 11.5 Å². The van der Waals surface area contributed by atoms with E-state index in [2.05, 4.69) is 38.2 Å². The van der Waals surface area contributed by atoms with Crippen LogP contribution in [0, 0.1) is 27.7 Å². The standard InChI is InChI=1S/C22H23NO2S/c1-14-6-5-7-19(10-14)23-22(24)20-11-18(13-26-20)12-25-21-16(3)8-15(2)9-17(21)4/h5-11,13H,12H2,1-4H3,(H,23,24). The first-order valence-electron chi connectivity index (χ1n) is 8.58. The maximum absolute atomic E-state index is 12.4. The lowest BCUT2D eigenvalue weighted by Gasteiger charge is -2.12. The van der Waals surface area contributed by atoms with Gasteiger partial charge in [0.2, 0.25) is 0 Å². The fraction of sp³-hybridized carbons (Fsp3) is 0.227. The lowest BCUT2D eigenvalue weighted by Crippen LogP contribution is -2.10. The number of thiophene rings is 1. The number of rotatable bonds is 5. The molecule has 1 heterocycles. The SMILES string of the molecule is Cc1cccc(NC(=O)c2cc(COc3c(C)cc(C)cc3C)cs2)c1. The number of hydrogen-bond acceptors (Lipinski definition) is 3. The molecule has 0 atom stereocenters. The zero-order valence-corrected chi connectivity index (χ0v) is 16.4. The highest BCUT2D eigenvalue weighted by molar-refractivity contribution is 7.12. The molecular formula is C22H23NO2S. The number of amides is 1. The molecule has 0 unspecified atom stereocenters. The van der Waals surface area contributed by atoms with Crippen molar-refractivity contribution in [2.24, 2.45) is 0 Å². The van der Waals surface area contributed by atoms with Crippen LogP contribution >= 0.6 is 11.3 Å². The van der Waals surface area contributed by atoms with Crippen molar-refractivity contribution >= 4 is 22.9 Å². The number of carbonyl (C=O) groups is 1. The normalized spacial score (nSPS) is 10.6. The van der Waals surface area contributed by atoms with Crippen LogP contribution in [-0.4, -0.2) is 5.91 Å². The summed E-state index contributed by atoms with van der Waals surface area (Å²) >= 11 is 1.44. The van der Waals surface area contributed by atoms with E-state index in [1.807, 2.05) is 42.6 Å². The maximum atomic E-state index is 12.4. The maximum Gasteiger partial charge on any atom is 0.265 e. The topological polar surface area (TPSA) is 38.3 Å². The van der Waals surface area contributed by atoms with Crippen LogP contribution in [0.3, 0.4) is 0 Å². The number of benzene rings is 2. The Morgan fingerprint density at radius 1 is 1.00 bits per heavy atom. The molecular weight excluding hydrogens is 342 g/mol. The van der Waals surface area contributed by atoms with Crippen molar-refractivity contribution in [1.82, 2.24) is 0 Å². The predicted octanol–water partition coefficient (Wildman–Crippen LogP) is 5.81. The smallest absolute Gasteiger partial charge is 0.265 e. The van der Waals surface area contributed by atoms with Gasteiger partial charge in [0.25, 0.3) is 5.91 Å². The summed E-state index contributed by atoms with van der Waals surface area (Å²) in [5, 5.41) is 4.92. The molecule has 0 aliphatic heterocycles. The zero-order valence-electron chi connectivity index (χ0n) is 15.6. The first-order valence-corrected chi connectivity index (χ1v) is 9.46. The van der Waals surface area contributed by atoms with Gasteiger partial charge in [-0.2, -0.15) is 0 Å². The first-order chi connectivity index (χ1) is 12.4. The summed E-state index contributed by atoms with van der Waals surface area (Å²) in [6, 6.07) is 13.9. The summed E-state index contributed by atoms with van der Waals surface area (Å²) in [5.41, 5.74) is 6.44. The Kier molecular flexibility index (Phi) is 5.43. The minimum absolute atomic E-state index is 0.0884. The molecule has 3 aromatic rings. The highest BCUT2D eigenvalue weighted by atomic mass is 32.1. The van der Waals surface area contributed by atoms with Gasteiger partial charge in [0.1, 0.15) is 12.4 Å². The molecule has 0 radical (unpaired) electrons. The van der Waals surface area contributed by atoms with Crippen molar-refractivity contribution in [3.63, 3.8) is 0 Å². The predicted molar refractivity (Wildman–Crippen MR) is 108 cm³/mol. The summed E-state index contributed by atoms with van der Waals surface area (Å²) in [5.74, 6) is 0.835. The third-order valence-electron chi connectivity index (χ3n) is 4.14.